The van der Waals surface area contributed by atoms with Crippen molar-refractivity contribution < 1.29 is 9.53 Å². The molecule has 0 bridgehead atoms. The molecule has 24 heavy (non-hydrogen) atoms. The minimum atomic E-state index is -0.0720. The highest BCUT2D eigenvalue weighted by Crippen LogP contribution is 2.27. The molecule has 1 amide bonds. The SMILES string of the molecule is Cc1cccc(OCC(=O)NC[C@H](c2cccs2)N2CCCC2)c1. The summed E-state index contributed by atoms with van der Waals surface area (Å²) < 4.78 is 5.57. The van der Waals surface area contributed by atoms with E-state index in [1.165, 1.54) is 17.7 Å². The first kappa shape index (κ1) is 17.0. The van der Waals surface area contributed by atoms with E-state index in [9.17, 15) is 4.79 Å². The Bertz CT molecular complexity index is 651. The van der Waals surface area contributed by atoms with E-state index in [0.717, 1.165) is 24.4 Å². The van der Waals surface area contributed by atoms with Gasteiger partial charge >= 0.3 is 0 Å². The Morgan fingerprint density at radius 2 is 2.12 bits per heavy atom. The quantitative estimate of drug-likeness (QED) is 0.837. The van der Waals surface area contributed by atoms with Gasteiger partial charge in [0.25, 0.3) is 5.91 Å². The Hall–Kier alpha value is -1.85. The van der Waals surface area contributed by atoms with Gasteiger partial charge in [0.1, 0.15) is 5.75 Å². The lowest BCUT2D eigenvalue weighted by molar-refractivity contribution is -0.123. The third-order valence-electron chi connectivity index (χ3n) is 4.31. The predicted octanol–water partition coefficient (Wildman–Crippen LogP) is 3.39. The molecule has 1 fully saturated rings. The van der Waals surface area contributed by atoms with Crippen LogP contribution in [0, 0.1) is 6.92 Å². The van der Waals surface area contributed by atoms with Crippen LogP contribution in [-0.2, 0) is 4.79 Å². The van der Waals surface area contributed by atoms with Crippen molar-refractivity contribution in [2.24, 2.45) is 0 Å². The van der Waals surface area contributed by atoms with Crippen LogP contribution in [0.15, 0.2) is 41.8 Å². The van der Waals surface area contributed by atoms with Gasteiger partial charge in [0, 0.05) is 11.4 Å². The summed E-state index contributed by atoms with van der Waals surface area (Å²) in [7, 11) is 0. The second-order valence-electron chi connectivity index (χ2n) is 6.18. The first-order valence-corrected chi connectivity index (χ1v) is 9.34. The maximum atomic E-state index is 12.1. The standard InChI is InChI=1S/C19H24N2O2S/c1-15-6-4-7-16(12-15)23-14-19(22)20-13-17(18-8-5-11-24-18)21-9-2-3-10-21/h4-8,11-12,17H,2-3,9-10,13-14H2,1H3,(H,20,22)/t17-/m1/s1. The molecule has 1 saturated heterocycles. The lowest BCUT2D eigenvalue weighted by Crippen LogP contribution is -2.38. The second-order valence-corrected chi connectivity index (χ2v) is 7.16. The van der Waals surface area contributed by atoms with Crippen molar-refractivity contribution in [3.63, 3.8) is 0 Å². The number of hydrogen-bond donors (Lipinski definition) is 1. The highest BCUT2D eigenvalue weighted by Gasteiger charge is 2.24. The molecule has 1 aromatic carbocycles. The van der Waals surface area contributed by atoms with Gasteiger partial charge in [-0.25, -0.2) is 0 Å². The molecule has 0 spiro atoms. The van der Waals surface area contributed by atoms with E-state index < -0.39 is 0 Å². The summed E-state index contributed by atoms with van der Waals surface area (Å²) in [4.78, 5) is 15.9. The van der Waals surface area contributed by atoms with Crippen LogP contribution in [0.2, 0.25) is 0 Å². The van der Waals surface area contributed by atoms with Crippen molar-refractivity contribution in [2.45, 2.75) is 25.8 Å². The third-order valence-corrected chi connectivity index (χ3v) is 5.28. The maximum Gasteiger partial charge on any atom is 0.258 e. The molecule has 1 aromatic heterocycles. The van der Waals surface area contributed by atoms with E-state index >= 15 is 0 Å². The first-order chi connectivity index (χ1) is 11.7. The van der Waals surface area contributed by atoms with Gasteiger partial charge in [0.15, 0.2) is 6.61 Å². The van der Waals surface area contributed by atoms with E-state index in [1.54, 1.807) is 11.3 Å². The number of hydrogen-bond acceptors (Lipinski definition) is 4. The van der Waals surface area contributed by atoms with E-state index in [4.69, 9.17) is 4.74 Å². The van der Waals surface area contributed by atoms with E-state index in [2.05, 4.69) is 27.7 Å². The smallest absolute Gasteiger partial charge is 0.258 e. The summed E-state index contributed by atoms with van der Waals surface area (Å²) in [5.74, 6) is 0.664. The maximum absolute atomic E-state index is 12.1. The van der Waals surface area contributed by atoms with Crippen LogP contribution in [0.25, 0.3) is 0 Å². The Labute approximate surface area is 147 Å². The van der Waals surface area contributed by atoms with Crippen LogP contribution in [0.4, 0.5) is 0 Å². The molecule has 1 atom stereocenters. The second kappa shape index (κ2) is 8.31. The largest absolute Gasteiger partial charge is 0.484 e. The molecule has 1 N–H and O–H groups in total. The van der Waals surface area contributed by atoms with Crippen LogP contribution in [0.5, 0.6) is 5.75 Å². The number of nitrogens with zero attached hydrogens (tertiary/aromatic N) is 1. The zero-order chi connectivity index (χ0) is 16.8. The van der Waals surface area contributed by atoms with Crippen LogP contribution in [0.1, 0.15) is 29.3 Å². The van der Waals surface area contributed by atoms with Gasteiger partial charge in [-0.1, -0.05) is 18.2 Å². The van der Waals surface area contributed by atoms with Crippen molar-refractivity contribution in [1.29, 1.82) is 0 Å². The monoisotopic (exact) mass is 344 g/mol. The average molecular weight is 344 g/mol. The molecule has 3 rings (SSSR count). The normalized spacial score (nSPS) is 16.0. The summed E-state index contributed by atoms with van der Waals surface area (Å²) in [5, 5.41) is 5.13. The summed E-state index contributed by atoms with van der Waals surface area (Å²) in [6, 6.07) is 12.3. The van der Waals surface area contributed by atoms with Gasteiger partial charge in [-0.05, 0) is 62.0 Å². The molecule has 0 saturated carbocycles. The third kappa shape index (κ3) is 4.58. The summed E-state index contributed by atoms with van der Waals surface area (Å²) in [6.45, 7) is 4.92. The Morgan fingerprint density at radius 1 is 1.29 bits per heavy atom. The van der Waals surface area contributed by atoms with Crippen molar-refractivity contribution >= 4 is 17.2 Å². The zero-order valence-electron chi connectivity index (χ0n) is 14.0. The number of thiophene rings is 1. The number of aryl methyl sites for hydroxylation is 1. The predicted molar refractivity (Wildman–Crippen MR) is 97.6 cm³/mol. The first-order valence-electron chi connectivity index (χ1n) is 8.46. The molecule has 1 aliphatic rings. The number of benzene rings is 1. The minimum Gasteiger partial charge on any atom is -0.484 e. The molecule has 0 aliphatic carbocycles. The average Bonchev–Trinajstić information content (AvgIpc) is 3.27. The van der Waals surface area contributed by atoms with Crippen LogP contribution in [0.3, 0.4) is 0 Å². The molecule has 2 aromatic rings. The lowest BCUT2D eigenvalue weighted by Gasteiger charge is -2.26. The number of likely N-dealkylation sites (tertiary alicyclic amines) is 1. The molecule has 2 heterocycles. The molecule has 5 heteroatoms. The molecular weight excluding hydrogens is 320 g/mol. The number of ether oxygens (including phenoxy) is 1. The lowest BCUT2D eigenvalue weighted by atomic mass is 10.2. The van der Waals surface area contributed by atoms with Gasteiger partial charge < -0.3 is 10.1 Å². The van der Waals surface area contributed by atoms with Crippen LogP contribution in [-0.4, -0.2) is 37.0 Å². The van der Waals surface area contributed by atoms with Gasteiger partial charge in [-0.15, -0.1) is 11.3 Å². The van der Waals surface area contributed by atoms with Gasteiger partial charge in [0.05, 0.1) is 6.04 Å². The van der Waals surface area contributed by atoms with Gasteiger partial charge in [-0.2, -0.15) is 0 Å². The number of rotatable bonds is 7. The fraction of sp³-hybridized carbons (Fsp3) is 0.421. The number of amides is 1. The number of carbonyl (C=O) groups excluding carboxylic acids is 1. The zero-order valence-corrected chi connectivity index (χ0v) is 14.8. The summed E-state index contributed by atoms with van der Waals surface area (Å²) in [6.07, 6.45) is 2.48. The fourth-order valence-electron chi connectivity index (χ4n) is 3.06. The van der Waals surface area contributed by atoms with E-state index in [1.807, 2.05) is 31.2 Å². The van der Waals surface area contributed by atoms with E-state index in [0.29, 0.717) is 6.54 Å². The minimum absolute atomic E-state index is 0.0562. The molecule has 128 valence electrons. The van der Waals surface area contributed by atoms with E-state index in [-0.39, 0.29) is 18.6 Å². The fourth-order valence-corrected chi connectivity index (χ4v) is 3.92. The molecule has 0 radical (unpaired) electrons. The molecule has 1 aliphatic heterocycles. The topological polar surface area (TPSA) is 41.6 Å². The van der Waals surface area contributed by atoms with Gasteiger partial charge in [-0.3, -0.25) is 9.69 Å². The molecule has 0 unspecified atom stereocenters. The number of nitrogens with one attached hydrogen (secondary N) is 1. The van der Waals surface area contributed by atoms with Crippen molar-refractivity contribution in [1.82, 2.24) is 10.2 Å². The van der Waals surface area contributed by atoms with Gasteiger partial charge in [0.2, 0.25) is 0 Å². The molecule has 4 nitrogen and oxygen atoms in total. The highest BCUT2D eigenvalue weighted by molar-refractivity contribution is 7.10. The van der Waals surface area contributed by atoms with Crippen LogP contribution < -0.4 is 10.1 Å². The Balaban J connectivity index is 1.51. The Kier molecular flexibility index (Phi) is 5.88. The summed E-state index contributed by atoms with van der Waals surface area (Å²) >= 11 is 1.76. The molecular formula is C19H24N2O2S. The Morgan fingerprint density at radius 3 is 2.83 bits per heavy atom. The number of carbonyl (C=O) groups is 1. The summed E-state index contributed by atoms with van der Waals surface area (Å²) in [5.41, 5.74) is 1.12. The van der Waals surface area contributed by atoms with Crippen molar-refractivity contribution in [3.05, 3.63) is 52.2 Å². The van der Waals surface area contributed by atoms with Crippen molar-refractivity contribution in [2.75, 3.05) is 26.2 Å². The van der Waals surface area contributed by atoms with Crippen molar-refractivity contribution in [3.8, 4) is 5.75 Å². The highest BCUT2D eigenvalue weighted by atomic mass is 32.1. The van der Waals surface area contributed by atoms with Crippen LogP contribution >= 0.6 is 11.3 Å².